The molecule has 5 heteroatoms. The van der Waals surface area contributed by atoms with E-state index in [-0.39, 0.29) is 0 Å². The van der Waals surface area contributed by atoms with Crippen LogP contribution in [0.1, 0.15) is 18.4 Å². The predicted octanol–water partition coefficient (Wildman–Crippen LogP) is 3.15. The molecule has 1 aromatic heterocycles. The number of nitrogens with two attached hydrogens (primary N) is 1. The first-order valence-electron chi connectivity index (χ1n) is 6.31. The predicted molar refractivity (Wildman–Crippen MR) is 79.3 cm³/mol. The lowest BCUT2D eigenvalue weighted by atomic mass is 10.1. The molecule has 0 saturated carbocycles. The largest absolute Gasteiger partial charge is 0.393 e. The molecule has 1 heterocycles. The molecule has 19 heavy (non-hydrogen) atoms. The average molecular weight is 277 g/mol. The summed E-state index contributed by atoms with van der Waals surface area (Å²) >= 11 is 5.82. The van der Waals surface area contributed by atoms with E-state index in [9.17, 15) is 0 Å². The smallest absolute Gasteiger partial charge is 0.157 e. The maximum absolute atomic E-state index is 5.82. The molecule has 4 nitrogen and oxygen atoms in total. The molecule has 0 saturated heterocycles. The van der Waals surface area contributed by atoms with Crippen LogP contribution < -0.4 is 11.1 Å². The molecular weight excluding hydrogens is 260 g/mol. The van der Waals surface area contributed by atoms with Crippen LogP contribution in [-0.2, 0) is 6.42 Å². The van der Waals surface area contributed by atoms with E-state index >= 15 is 0 Å². The molecular formula is C14H17ClN4. The van der Waals surface area contributed by atoms with Gasteiger partial charge in [0.15, 0.2) is 11.0 Å². The maximum atomic E-state index is 5.82. The molecule has 0 bridgehead atoms. The lowest BCUT2D eigenvalue weighted by molar-refractivity contribution is 0.761. The Labute approximate surface area is 118 Å². The third kappa shape index (κ3) is 4.10. The molecule has 0 spiro atoms. The summed E-state index contributed by atoms with van der Waals surface area (Å²) in [6.07, 6.45) is 4.67. The second-order valence-corrected chi connectivity index (χ2v) is 4.65. The van der Waals surface area contributed by atoms with Gasteiger partial charge in [-0.2, -0.15) is 0 Å². The number of hydrogen-bond donors (Lipinski definition) is 2. The fourth-order valence-corrected chi connectivity index (χ4v) is 1.95. The summed E-state index contributed by atoms with van der Waals surface area (Å²) < 4.78 is 0. The van der Waals surface area contributed by atoms with E-state index in [0.717, 1.165) is 25.8 Å². The third-order valence-electron chi connectivity index (χ3n) is 2.86. The second-order valence-electron chi connectivity index (χ2n) is 4.30. The fourth-order valence-electron chi connectivity index (χ4n) is 1.82. The highest BCUT2D eigenvalue weighted by Crippen LogP contribution is 2.21. The Morgan fingerprint density at radius 3 is 2.68 bits per heavy atom. The topological polar surface area (TPSA) is 63.8 Å². The second kappa shape index (κ2) is 6.95. The van der Waals surface area contributed by atoms with E-state index in [0.29, 0.717) is 16.7 Å². The summed E-state index contributed by atoms with van der Waals surface area (Å²) in [5.74, 6) is 0.611. The Hall–Kier alpha value is -1.81. The zero-order valence-corrected chi connectivity index (χ0v) is 11.4. The highest BCUT2D eigenvalue weighted by molar-refractivity contribution is 6.32. The molecule has 3 N–H and O–H groups in total. The molecule has 0 amide bonds. The first-order chi connectivity index (χ1) is 9.27. The van der Waals surface area contributed by atoms with E-state index in [2.05, 4.69) is 39.6 Å². The van der Waals surface area contributed by atoms with Crippen LogP contribution in [0.15, 0.2) is 36.7 Å². The van der Waals surface area contributed by atoms with Crippen LogP contribution in [0.4, 0.5) is 11.5 Å². The Morgan fingerprint density at radius 2 is 1.89 bits per heavy atom. The van der Waals surface area contributed by atoms with Gasteiger partial charge in [-0.1, -0.05) is 41.9 Å². The first kappa shape index (κ1) is 13.6. The molecule has 0 atom stereocenters. The van der Waals surface area contributed by atoms with Crippen molar-refractivity contribution in [1.82, 2.24) is 9.97 Å². The quantitative estimate of drug-likeness (QED) is 0.628. The first-order valence-corrected chi connectivity index (χ1v) is 6.69. The van der Waals surface area contributed by atoms with Crippen molar-refractivity contribution in [1.29, 1.82) is 0 Å². The molecule has 0 fully saturated rings. The monoisotopic (exact) mass is 276 g/mol. The van der Waals surface area contributed by atoms with Crippen molar-refractivity contribution in [2.75, 3.05) is 17.6 Å². The molecule has 0 aliphatic heterocycles. The summed E-state index contributed by atoms with van der Waals surface area (Å²) in [5.41, 5.74) is 7.55. The van der Waals surface area contributed by atoms with Gasteiger partial charge < -0.3 is 11.1 Å². The molecule has 0 aliphatic rings. The van der Waals surface area contributed by atoms with Gasteiger partial charge in [0.2, 0.25) is 0 Å². The number of nitrogens with one attached hydrogen (secondary N) is 1. The average Bonchev–Trinajstić information content (AvgIpc) is 2.44. The van der Waals surface area contributed by atoms with Crippen molar-refractivity contribution in [3.05, 3.63) is 47.4 Å². The molecule has 0 aliphatic carbocycles. The van der Waals surface area contributed by atoms with E-state index in [1.807, 2.05) is 6.07 Å². The molecule has 0 radical (unpaired) electrons. The van der Waals surface area contributed by atoms with Crippen LogP contribution in [0.5, 0.6) is 0 Å². The molecule has 100 valence electrons. The van der Waals surface area contributed by atoms with Crippen molar-refractivity contribution < 1.29 is 0 Å². The Kier molecular flexibility index (Phi) is 4.98. The van der Waals surface area contributed by atoms with Gasteiger partial charge in [-0.3, -0.25) is 0 Å². The van der Waals surface area contributed by atoms with E-state index < -0.39 is 0 Å². The summed E-state index contributed by atoms with van der Waals surface area (Å²) in [6.45, 7) is 0.824. The minimum absolute atomic E-state index is 0.293. The third-order valence-corrected chi connectivity index (χ3v) is 3.16. The summed E-state index contributed by atoms with van der Waals surface area (Å²) in [6, 6.07) is 10.5. The lowest BCUT2D eigenvalue weighted by Gasteiger charge is -2.08. The minimum Gasteiger partial charge on any atom is -0.393 e. The van der Waals surface area contributed by atoms with Crippen molar-refractivity contribution in [2.24, 2.45) is 0 Å². The summed E-state index contributed by atoms with van der Waals surface area (Å²) in [5, 5.41) is 3.47. The number of benzene rings is 1. The van der Waals surface area contributed by atoms with Gasteiger partial charge in [-0.05, 0) is 24.8 Å². The molecule has 2 aromatic rings. The Balaban J connectivity index is 1.71. The number of unbranched alkanes of at least 4 members (excludes halogenated alkanes) is 1. The zero-order valence-electron chi connectivity index (χ0n) is 10.6. The van der Waals surface area contributed by atoms with Crippen molar-refractivity contribution in [3.8, 4) is 0 Å². The summed E-state index contributed by atoms with van der Waals surface area (Å²) in [4.78, 5) is 7.88. The van der Waals surface area contributed by atoms with Gasteiger partial charge in [0, 0.05) is 6.54 Å². The molecule has 0 unspecified atom stereocenters. The normalized spacial score (nSPS) is 10.4. The summed E-state index contributed by atoms with van der Waals surface area (Å²) in [7, 11) is 0. The SMILES string of the molecule is Nc1c(Cl)ncnc1NCCCCc1ccccc1. The van der Waals surface area contributed by atoms with Crippen LogP contribution in [0.2, 0.25) is 5.15 Å². The van der Waals surface area contributed by atoms with Gasteiger partial charge in [0.1, 0.15) is 12.0 Å². The molecule has 2 rings (SSSR count). The van der Waals surface area contributed by atoms with Crippen LogP contribution in [0.25, 0.3) is 0 Å². The zero-order chi connectivity index (χ0) is 13.5. The number of hydrogen-bond acceptors (Lipinski definition) is 4. The Morgan fingerprint density at radius 1 is 1.11 bits per heavy atom. The van der Waals surface area contributed by atoms with Crippen molar-refractivity contribution in [3.63, 3.8) is 0 Å². The number of nitrogens with zero attached hydrogens (tertiary/aromatic N) is 2. The highest BCUT2D eigenvalue weighted by atomic mass is 35.5. The van der Waals surface area contributed by atoms with E-state index in [4.69, 9.17) is 17.3 Å². The number of aryl methyl sites for hydroxylation is 1. The van der Waals surface area contributed by atoms with Crippen LogP contribution >= 0.6 is 11.6 Å². The number of halogens is 1. The Bertz CT molecular complexity index is 516. The number of anilines is 2. The van der Waals surface area contributed by atoms with Crippen LogP contribution in [0, 0.1) is 0 Å². The fraction of sp³-hybridized carbons (Fsp3) is 0.286. The number of rotatable bonds is 6. The number of aromatic nitrogens is 2. The van der Waals surface area contributed by atoms with Gasteiger partial charge in [0.25, 0.3) is 0 Å². The highest BCUT2D eigenvalue weighted by Gasteiger charge is 2.04. The van der Waals surface area contributed by atoms with Gasteiger partial charge in [-0.15, -0.1) is 0 Å². The van der Waals surface area contributed by atoms with Crippen molar-refractivity contribution >= 4 is 23.1 Å². The molecule has 1 aromatic carbocycles. The minimum atomic E-state index is 0.293. The van der Waals surface area contributed by atoms with Gasteiger partial charge >= 0.3 is 0 Å². The van der Waals surface area contributed by atoms with Gasteiger partial charge in [0.05, 0.1) is 0 Å². The maximum Gasteiger partial charge on any atom is 0.157 e. The van der Waals surface area contributed by atoms with Crippen molar-refractivity contribution in [2.45, 2.75) is 19.3 Å². The van der Waals surface area contributed by atoms with Gasteiger partial charge in [-0.25, -0.2) is 9.97 Å². The van der Waals surface area contributed by atoms with E-state index in [1.165, 1.54) is 11.9 Å². The van der Waals surface area contributed by atoms with Crippen LogP contribution in [0.3, 0.4) is 0 Å². The van der Waals surface area contributed by atoms with E-state index in [1.54, 1.807) is 0 Å². The number of nitrogen functional groups attached to an aromatic ring is 1. The lowest BCUT2D eigenvalue weighted by Crippen LogP contribution is -2.07. The standard InChI is InChI=1S/C14H17ClN4/c15-13-12(16)14(19-10-18-13)17-9-5-4-8-11-6-2-1-3-7-11/h1-3,6-7,10H,4-5,8-9,16H2,(H,17,18,19). The van der Waals surface area contributed by atoms with Crippen LogP contribution in [-0.4, -0.2) is 16.5 Å².